The van der Waals surface area contributed by atoms with Gasteiger partial charge in [-0.1, -0.05) is 6.92 Å². The van der Waals surface area contributed by atoms with Gasteiger partial charge in [0.25, 0.3) is 6.04 Å². The van der Waals surface area contributed by atoms with Gasteiger partial charge in [0.1, 0.15) is 4.92 Å². The third-order valence-electron chi connectivity index (χ3n) is 0.347. The van der Waals surface area contributed by atoms with E-state index < -0.39 is 4.92 Å². The number of hydrogen-bond donors (Lipinski definition) is 0. The van der Waals surface area contributed by atoms with Gasteiger partial charge in [-0.25, -0.2) is 10.1 Å². The summed E-state index contributed by atoms with van der Waals surface area (Å²) in [6.45, 7) is 1.76. The molecule has 0 fully saturated rings. The minimum Gasteiger partial charge on any atom is -0.249 e. The molecule has 0 amide bonds. The molecule has 38 valence electrons. The van der Waals surface area contributed by atoms with Crippen LogP contribution in [0.1, 0.15) is 13.3 Å². The lowest BCUT2D eigenvalue weighted by molar-refractivity contribution is -0.379. The predicted molar refractivity (Wildman–Crippen MR) is 25.1 cm³/mol. The van der Waals surface area contributed by atoms with Gasteiger partial charge in [0.05, 0.1) is 0 Å². The summed E-state index contributed by atoms with van der Waals surface area (Å²) in [5, 5.41) is 9.39. The molecule has 3 nitrogen and oxygen atoms in total. The maximum Gasteiger partial charge on any atom is 0.290 e. The molecule has 0 heterocycles. The summed E-state index contributed by atoms with van der Waals surface area (Å²) in [5.74, 6) is 2.30. The molecule has 0 aromatic rings. The van der Waals surface area contributed by atoms with Crippen LogP contribution in [0.2, 0.25) is 0 Å². The van der Waals surface area contributed by atoms with Crippen LogP contribution in [-0.4, -0.2) is 4.92 Å². The minimum atomic E-state index is -0.649. The Hall–Kier alpha value is -1.04. The standard InChI is InChI=1S/C4H5NO2/c1-2-3-4-5(6)7/h2H2,1H3. The molecule has 0 spiro atoms. The van der Waals surface area contributed by atoms with Crippen molar-refractivity contribution in [3.05, 3.63) is 10.1 Å². The molecule has 0 aliphatic rings. The largest absolute Gasteiger partial charge is 0.290 e. The molecule has 0 aromatic heterocycles. The zero-order valence-electron chi connectivity index (χ0n) is 3.97. The van der Waals surface area contributed by atoms with Gasteiger partial charge in [-0.15, -0.1) is 0 Å². The Morgan fingerprint density at radius 1 is 1.86 bits per heavy atom. The van der Waals surface area contributed by atoms with Crippen LogP contribution in [-0.2, 0) is 0 Å². The van der Waals surface area contributed by atoms with E-state index in [1.165, 1.54) is 0 Å². The van der Waals surface area contributed by atoms with Gasteiger partial charge in [-0.2, -0.15) is 0 Å². The number of rotatable bonds is 0. The minimum absolute atomic E-state index is 0.543. The molecule has 0 N–H and O–H groups in total. The SMILES string of the molecule is CCC#C[N+](=O)[O-]. The highest BCUT2D eigenvalue weighted by Gasteiger charge is 1.76. The lowest BCUT2D eigenvalue weighted by Gasteiger charge is -1.65. The second-order valence-electron chi connectivity index (χ2n) is 0.899. The van der Waals surface area contributed by atoms with Crippen LogP contribution in [0.15, 0.2) is 0 Å². The molecule has 0 rings (SSSR count). The summed E-state index contributed by atoms with van der Waals surface area (Å²) >= 11 is 0. The number of nitrogens with zero attached hydrogens (tertiary/aromatic N) is 1. The van der Waals surface area contributed by atoms with E-state index in [1.54, 1.807) is 13.0 Å². The Morgan fingerprint density at radius 3 is 2.57 bits per heavy atom. The maximum atomic E-state index is 9.39. The van der Waals surface area contributed by atoms with Crippen LogP contribution in [0.4, 0.5) is 0 Å². The van der Waals surface area contributed by atoms with Gasteiger partial charge in [-0.3, -0.25) is 0 Å². The van der Waals surface area contributed by atoms with Gasteiger partial charge in [0.15, 0.2) is 0 Å². The van der Waals surface area contributed by atoms with Crippen molar-refractivity contribution in [1.29, 1.82) is 0 Å². The van der Waals surface area contributed by atoms with E-state index in [-0.39, 0.29) is 0 Å². The van der Waals surface area contributed by atoms with Gasteiger partial charge < -0.3 is 0 Å². The molecule has 0 bridgehead atoms. The van der Waals surface area contributed by atoms with Crippen LogP contribution >= 0.6 is 0 Å². The van der Waals surface area contributed by atoms with Crippen molar-refractivity contribution in [3.63, 3.8) is 0 Å². The Kier molecular flexibility index (Phi) is 2.69. The van der Waals surface area contributed by atoms with Gasteiger partial charge in [-0.05, 0) is 5.92 Å². The third-order valence-corrected chi connectivity index (χ3v) is 0.347. The summed E-state index contributed by atoms with van der Waals surface area (Å²) in [5.41, 5.74) is 0. The lowest BCUT2D eigenvalue weighted by Crippen LogP contribution is -1.81. The van der Waals surface area contributed by atoms with Gasteiger partial charge >= 0.3 is 0 Å². The van der Waals surface area contributed by atoms with E-state index in [2.05, 4.69) is 5.92 Å². The van der Waals surface area contributed by atoms with Crippen LogP contribution in [0.25, 0.3) is 0 Å². The van der Waals surface area contributed by atoms with Crippen molar-refractivity contribution < 1.29 is 4.92 Å². The molecule has 0 saturated heterocycles. The van der Waals surface area contributed by atoms with Crippen molar-refractivity contribution in [2.24, 2.45) is 0 Å². The average molecular weight is 99.1 g/mol. The topological polar surface area (TPSA) is 43.1 Å². The van der Waals surface area contributed by atoms with Gasteiger partial charge in [0.2, 0.25) is 0 Å². The first-order chi connectivity index (χ1) is 3.27. The van der Waals surface area contributed by atoms with Gasteiger partial charge in [0, 0.05) is 6.42 Å². The van der Waals surface area contributed by atoms with E-state index >= 15 is 0 Å². The summed E-state index contributed by atoms with van der Waals surface area (Å²) < 4.78 is 0. The first-order valence-electron chi connectivity index (χ1n) is 1.90. The van der Waals surface area contributed by atoms with Crippen molar-refractivity contribution in [2.45, 2.75) is 13.3 Å². The maximum absolute atomic E-state index is 9.39. The Balaban J connectivity index is 3.45. The van der Waals surface area contributed by atoms with Crippen molar-refractivity contribution in [1.82, 2.24) is 0 Å². The van der Waals surface area contributed by atoms with E-state index in [0.29, 0.717) is 6.42 Å². The Labute approximate surface area is 41.5 Å². The average Bonchev–Trinajstić information content (AvgIpc) is 1.61. The highest BCUT2D eigenvalue weighted by atomic mass is 16.6. The first-order valence-corrected chi connectivity index (χ1v) is 1.90. The second-order valence-corrected chi connectivity index (χ2v) is 0.899. The summed E-state index contributed by atoms with van der Waals surface area (Å²) in [6, 6.07) is 1.77. The zero-order chi connectivity index (χ0) is 5.70. The molecule has 0 atom stereocenters. The highest BCUT2D eigenvalue weighted by Crippen LogP contribution is 1.66. The quantitative estimate of drug-likeness (QED) is 0.193. The van der Waals surface area contributed by atoms with Crippen molar-refractivity contribution >= 4 is 0 Å². The second kappa shape index (κ2) is 3.16. The normalized spacial score (nSPS) is 6.43. The van der Waals surface area contributed by atoms with E-state index in [4.69, 9.17) is 0 Å². The van der Waals surface area contributed by atoms with Crippen molar-refractivity contribution in [2.75, 3.05) is 0 Å². The molecule has 0 radical (unpaired) electrons. The predicted octanol–water partition coefficient (Wildman–Crippen LogP) is 0.634. The Morgan fingerprint density at radius 2 is 2.43 bits per heavy atom. The monoisotopic (exact) mass is 99.0 g/mol. The van der Waals surface area contributed by atoms with E-state index in [1.807, 2.05) is 0 Å². The molecule has 0 saturated carbocycles. The fraction of sp³-hybridized carbons (Fsp3) is 0.500. The van der Waals surface area contributed by atoms with Crippen LogP contribution < -0.4 is 0 Å². The van der Waals surface area contributed by atoms with Crippen molar-refractivity contribution in [3.8, 4) is 12.0 Å². The fourth-order valence-electron chi connectivity index (χ4n) is 0.144. The van der Waals surface area contributed by atoms with Crippen LogP contribution in [0, 0.1) is 22.1 Å². The number of nitro groups is 1. The summed E-state index contributed by atoms with van der Waals surface area (Å²) in [7, 11) is 0. The van der Waals surface area contributed by atoms with E-state index in [9.17, 15) is 10.1 Å². The third kappa shape index (κ3) is 4.96. The Bertz CT molecular complexity index is 119. The number of hydrogen-bond acceptors (Lipinski definition) is 2. The van der Waals surface area contributed by atoms with Crippen LogP contribution in [0.3, 0.4) is 0 Å². The molecule has 0 aliphatic carbocycles. The molecule has 0 aromatic carbocycles. The smallest absolute Gasteiger partial charge is 0.249 e. The molecule has 7 heavy (non-hydrogen) atoms. The van der Waals surface area contributed by atoms with Crippen LogP contribution in [0.5, 0.6) is 0 Å². The zero-order valence-corrected chi connectivity index (χ0v) is 3.97. The highest BCUT2D eigenvalue weighted by molar-refractivity contribution is 4.87. The summed E-state index contributed by atoms with van der Waals surface area (Å²) in [6.07, 6.45) is 0.543. The molecular weight excluding hydrogens is 94.0 g/mol. The molecule has 3 heteroatoms. The lowest BCUT2D eigenvalue weighted by atomic mass is 10.5. The van der Waals surface area contributed by atoms with E-state index in [0.717, 1.165) is 0 Å². The molecular formula is C4H5NO2. The first kappa shape index (κ1) is 5.96. The summed E-state index contributed by atoms with van der Waals surface area (Å²) in [4.78, 5) is 8.74. The molecule has 0 unspecified atom stereocenters. The molecule has 0 aliphatic heterocycles. The fourth-order valence-corrected chi connectivity index (χ4v) is 0.144.